The average Bonchev–Trinajstić information content (AvgIpc) is 3.26. The lowest BCUT2D eigenvalue weighted by atomic mass is 9.78. The second kappa shape index (κ2) is 10.8. The van der Waals surface area contributed by atoms with E-state index >= 15 is 0 Å². The van der Waals surface area contributed by atoms with Crippen LogP contribution in [0.2, 0.25) is 5.02 Å². The van der Waals surface area contributed by atoms with E-state index < -0.39 is 0 Å². The molecule has 2 aliphatic rings. The summed E-state index contributed by atoms with van der Waals surface area (Å²) in [6.07, 6.45) is 4.78. The van der Waals surface area contributed by atoms with Crippen LogP contribution in [0.3, 0.4) is 0 Å². The predicted octanol–water partition coefficient (Wildman–Crippen LogP) is 3.99. The minimum Gasteiger partial charge on any atom is -0.477 e. The van der Waals surface area contributed by atoms with Crippen LogP contribution in [0.4, 0.5) is 11.8 Å². The van der Waals surface area contributed by atoms with Crippen molar-refractivity contribution in [2.24, 2.45) is 12.5 Å². The molecule has 0 aliphatic carbocycles. The summed E-state index contributed by atoms with van der Waals surface area (Å²) < 4.78 is 12.6. The molecule has 0 aromatic carbocycles. The first-order valence-corrected chi connectivity index (χ1v) is 12.3. The van der Waals surface area contributed by atoms with Crippen molar-refractivity contribution in [1.29, 1.82) is 0 Å². The maximum absolute atomic E-state index is 13.1. The molecule has 0 unspecified atom stereocenters. The second-order valence-electron chi connectivity index (χ2n) is 7.74. The average molecular weight is 482 g/mol. The highest BCUT2D eigenvalue weighted by Crippen LogP contribution is 2.41. The van der Waals surface area contributed by atoms with Gasteiger partial charge in [-0.1, -0.05) is 37.2 Å². The largest absolute Gasteiger partial charge is 0.477 e. The lowest BCUT2D eigenvalue weighted by molar-refractivity contribution is 0.133. The summed E-state index contributed by atoms with van der Waals surface area (Å²) in [5.41, 5.74) is 6.31. The van der Waals surface area contributed by atoms with Gasteiger partial charge in [0.25, 0.3) is 5.56 Å². The normalized spacial score (nSPS) is 17.2. The Labute approximate surface area is 198 Å². The molecular weight excluding hydrogens is 450 g/mol. The number of rotatable bonds is 5. The number of anilines is 2. The molecule has 32 heavy (non-hydrogen) atoms. The summed E-state index contributed by atoms with van der Waals surface area (Å²) in [5.74, 6) is 1.14. The molecule has 0 saturated carbocycles. The number of hydrogen-bond acceptors (Lipinski definition) is 8. The first-order valence-electron chi connectivity index (χ1n) is 11.1. The molecule has 4 heterocycles. The maximum Gasteiger partial charge on any atom is 0.270 e. The van der Waals surface area contributed by atoms with Gasteiger partial charge in [-0.3, -0.25) is 9.36 Å². The molecule has 0 amide bonds. The molecule has 10 heteroatoms. The Morgan fingerprint density at radius 2 is 2.03 bits per heavy atom. The van der Waals surface area contributed by atoms with Crippen LogP contribution < -0.4 is 20.9 Å². The molecule has 2 saturated heterocycles. The van der Waals surface area contributed by atoms with Crippen LogP contribution in [0, 0.1) is 5.41 Å². The van der Waals surface area contributed by atoms with Gasteiger partial charge in [0, 0.05) is 37.8 Å². The van der Waals surface area contributed by atoms with E-state index in [2.05, 4.69) is 14.9 Å². The zero-order valence-electron chi connectivity index (χ0n) is 19.2. The van der Waals surface area contributed by atoms with Gasteiger partial charge in [-0.15, -0.1) is 0 Å². The number of nitrogens with zero attached hydrogens (tertiary/aromatic N) is 4. The Hall–Kier alpha value is -1.97. The molecule has 176 valence electrons. The van der Waals surface area contributed by atoms with Crippen molar-refractivity contribution in [3.8, 4) is 5.88 Å². The molecule has 2 aromatic heterocycles. The Morgan fingerprint density at radius 1 is 1.31 bits per heavy atom. The highest BCUT2D eigenvalue weighted by molar-refractivity contribution is 7.99. The van der Waals surface area contributed by atoms with Crippen molar-refractivity contribution in [1.82, 2.24) is 14.5 Å². The molecule has 2 aliphatic heterocycles. The second-order valence-corrected chi connectivity index (χ2v) is 9.17. The van der Waals surface area contributed by atoms with Gasteiger partial charge in [0.15, 0.2) is 0 Å². The molecule has 0 atom stereocenters. The minimum absolute atomic E-state index is 0.196. The van der Waals surface area contributed by atoms with Crippen LogP contribution in [0.5, 0.6) is 5.88 Å². The molecule has 2 N–H and O–H groups in total. The SMILES string of the molecule is CC.CCOc1nccc(Sc2c(N)nc(N3CCC4(CCOC4)CC3)n(C)c2=O)c1Cl. The molecule has 1 spiro atoms. The molecular formula is C22H32ClN5O3S. The Morgan fingerprint density at radius 3 is 2.66 bits per heavy atom. The quantitative estimate of drug-likeness (QED) is 0.684. The van der Waals surface area contributed by atoms with E-state index in [0.717, 1.165) is 45.6 Å². The molecule has 4 rings (SSSR count). The van der Waals surface area contributed by atoms with E-state index in [9.17, 15) is 4.79 Å². The number of hydrogen-bond donors (Lipinski definition) is 1. The van der Waals surface area contributed by atoms with Crippen LogP contribution in [0.25, 0.3) is 0 Å². The van der Waals surface area contributed by atoms with Gasteiger partial charge in [-0.05, 0) is 37.7 Å². The van der Waals surface area contributed by atoms with Gasteiger partial charge in [-0.25, -0.2) is 4.98 Å². The fraction of sp³-hybridized carbons (Fsp3) is 0.591. The lowest BCUT2D eigenvalue weighted by Crippen LogP contribution is -2.43. The van der Waals surface area contributed by atoms with Crippen LogP contribution in [0.15, 0.2) is 26.8 Å². The van der Waals surface area contributed by atoms with Gasteiger partial charge in [0.2, 0.25) is 11.8 Å². The van der Waals surface area contributed by atoms with E-state index in [-0.39, 0.29) is 16.8 Å². The van der Waals surface area contributed by atoms with Gasteiger partial charge in [0.05, 0.1) is 13.2 Å². The third kappa shape index (κ3) is 5.00. The van der Waals surface area contributed by atoms with Crippen LogP contribution >= 0.6 is 23.4 Å². The number of aromatic nitrogens is 3. The van der Waals surface area contributed by atoms with Crippen molar-refractivity contribution in [2.45, 2.75) is 49.8 Å². The highest BCUT2D eigenvalue weighted by atomic mass is 35.5. The van der Waals surface area contributed by atoms with Gasteiger partial charge in [-0.2, -0.15) is 4.98 Å². The summed E-state index contributed by atoms with van der Waals surface area (Å²) in [4.78, 5) is 25.0. The maximum atomic E-state index is 13.1. The van der Waals surface area contributed by atoms with Crippen molar-refractivity contribution in [3.05, 3.63) is 27.6 Å². The smallest absolute Gasteiger partial charge is 0.270 e. The van der Waals surface area contributed by atoms with E-state index in [1.807, 2.05) is 20.8 Å². The van der Waals surface area contributed by atoms with Crippen molar-refractivity contribution >= 4 is 35.1 Å². The molecule has 0 bridgehead atoms. The van der Waals surface area contributed by atoms with Crippen LogP contribution in [-0.2, 0) is 11.8 Å². The van der Waals surface area contributed by atoms with E-state index in [1.165, 1.54) is 11.8 Å². The molecule has 2 aromatic rings. The third-order valence-electron chi connectivity index (χ3n) is 5.86. The summed E-state index contributed by atoms with van der Waals surface area (Å²) in [7, 11) is 1.73. The number of halogens is 1. The van der Waals surface area contributed by atoms with Crippen LogP contribution in [0.1, 0.15) is 40.0 Å². The topological polar surface area (TPSA) is 95.5 Å². The predicted molar refractivity (Wildman–Crippen MR) is 129 cm³/mol. The van der Waals surface area contributed by atoms with E-state index in [4.69, 9.17) is 26.8 Å². The van der Waals surface area contributed by atoms with Crippen molar-refractivity contribution in [3.63, 3.8) is 0 Å². The number of nitrogens with two attached hydrogens (primary N) is 1. The van der Waals surface area contributed by atoms with E-state index in [1.54, 1.807) is 23.9 Å². The van der Waals surface area contributed by atoms with Gasteiger partial charge >= 0.3 is 0 Å². The molecule has 2 fully saturated rings. The monoisotopic (exact) mass is 481 g/mol. The summed E-state index contributed by atoms with van der Waals surface area (Å²) in [6, 6.07) is 1.73. The standard InChI is InChI=1S/C20H26ClN5O3S.C2H6/c1-3-29-17-14(21)13(4-8-23-17)30-15-16(22)24-19(25(2)18(15)27)26-9-5-20(6-10-26)7-11-28-12-20;1-2/h4,8H,3,5-7,9-12,22H2,1-2H3;1-2H3. The Bertz CT molecular complexity index is 984. The number of pyridine rings is 1. The fourth-order valence-corrected chi connectivity index (χ4v) is 5.21. The zero-order chi connectivity index (χ0) is 23.3. The molecule has 8 nitrogen and oxygen atoms in total. The fourth-order valence-electron chi connectivity index (χ4n) is 4.02. The highest BCUT2D eigenvalue weighted by Gasteiger charge is 2.38. The number of piperidine rings is 1. The van der Waals surface area contributed by atoms with Crippen molar-refractivity contribution < 1.29 is 9.47 Å². The number of ether oxygens (including phenoxy) is 2. The number of nitrogen functional groups attached to an aromatic ring is 1. The zero-order valence-corrected chi connectivity index (χ0v) is 20.8. The first kappa shape index (κ1) is 24.7. The van der Waals surface area contributed by atoms with E-state index in [0.29, 0.717) is 33.2 Å². The summed E-state index contributed by atoms with van der Waals surface area (Å²) >= 11 is 7.58. The summed E-state index contributed by atoms with van der Waals surface area (Å²) in [5, 5.41) is 0.356. The Balaban J connectivity index is 0.00000141. The van der Waals surface area contributed by atoms with Gasteiger partial charge in [0.1, 0.15) is 15.7 Å². The van der Waals surface area contributed by atoms with Crippen LogP contribution in [-0.4, -0.2) is 47.4 Å². The van der Waals surface area contributed by atoms with Crippen molar-refractivity contribution in [2.75, 3.05) is 43.5 Å². The lowest BCUT2D eigenvalue weighted by Gasteiger charge is -2.39. The first-order chi connectivity index (χ1) is 15.4. The minimum atomic E-state index is -0.196. The summed E-state index contributed by atoms with van der Waals surface area (Å²) in [6.45, 7) is 9.66. The van der Waals surface area contributed by atoms with Gasteiger partial charge < -0.3 is 20.1 Å². The Kier molecular flexibility index (Phi) is 8.30. The molecule has 0 radical (unpaired) electrons. The third-order valence-corrected chi connectivity index (χ3v) is 7.48.